The second-order valence-corrected chi connectivity index (χ2v) is 4.48. The van der Waals surface area contributed by atoms with E-state index in [1.807, 2.05) is 0 Å². The average molecular weight is 184 g/mol. The molecule has 2 fully saturated rings. The monoisotopic (exact) mass is 184 g/mol. The first-order valence-corrected chi connectivity index (χ1v) is 5.41. The highest BCUT2D eigenvalue weighted by Gasteiger charge is 2.28. The first-order chi connectivity index (χ1) is 6.25. The van der Waals surface area contributed by atoms with E-state index in [-0.39, 0.29) is 6.10 Å². The molecule has 0 radical (unpaired) electrons. The van der Waals surface area contributed by atoms with Crippen LogP contribution in [0.15, 0.2) is 0 Å². The third-order valence-corrected chi connectivity index (χ3v) is 3.35. The molecule has 2 aliphatic heterocycles. The van der Waals surface area contributed by atoms with Crippen LogP contribution in [0.5, 0.6) is 0 Å². The van der Waals surface area contributed by atoms with Crippen molar-refractivity contribution in [2.75, 3.05) is 19.6 Å². The number of rotatable bonds is 1. The standard InChI is InChI=1S/C10H20N2O/c1-8-2-3-9(6-11-8)12-5-4-10(13)7-12/h8-11,13H,2-7H2,1H3. The summed E-state index contributed by atoms with van der Waals surface area (Å²) < 4.78 is 0. The summed E-state index contributed by atoms with van der Waals surface area (Å²) in [5.41, 5.74) is 0. The highest BCUT2D eigenvalue weighted by Crippen LogP contribution is 2.18. The van der Waals surface area contributed by atoms with E-state index in [0.717, 1.165) is 26.1 Å². The summed E-state index contributed by atoms with van der Waals surface area (Å²) in [4.78, 5) is 2.43. The summed E-state index contributed by atoms with van der Waals surface area (Å²) in [5, 5.41) is 12.9. The van der Waals surface area contributed by atoms with Crippen LogP contribution < -0.4 is 5.32 Å². The number of aliphatic hydroxyl groups is 1. The number of β-amino-alcohol motifs (C(OH)–C–C–N with tert-alkyl or cyclic N) is 1. The Bertz CT molecular complexity index is 166. The number of likely N-dealkylation sites (tertiary alicyclic amines) is 1. The molecule has 0 aromatic rings. The molecule has 13 heavy (non-hydrogen) atoms. The van der Waals surface area contributed by atoms with Gasteiger partial charge in [-0.2, -0.15) is 0 Å². The molecule has 0 aromatic carbocycles. The van der Waals surface area contributed by atoms with Gasteiger partial charge in [0.25, 0.3) is 0 Å². The summed E-state index contributed by atoms with van der Waals surface area (Å²) in [7, 11) is 0. The van der Waals surface area contributed by atoms with Crippen molar-refractivity contribution >= 4 is 0 Å². The Kier molecular flexibility index (Phi) is 2.86. The van der Waals surface area contributed by atoms with Crippen molar-refractivity contribution < 1.29 is 5.11 Å². The quantitative estimate of drug-likeness (QED) is 0.611. The van der Waals surface area contributed by atoms with Crippen LogP contribution in [0.4, 0.5) is 0 Å². The molecule has 3 nitrogen and oxygen atoms in total. The second-order valence-electron chi connectivity index (χ2n) is 4.48. The van der Waals surface area contributed by atoms with Crippen LogP contribution in [0.25, 0.3) is 0 Å². The molecule has 3 atom stereocenters. The van der Waals surface area contributed by atoms with Crippen LogP contribution in [0.1, 0.15) is 26.2 Å². The Morgan fingerprint density at radius 2 is 2.15 bits per heavy atom. The predicted octanol–water partition coefficient (Wildman–Crippen LogP) is 0.194. The average Bonchev–Trinajstić information content (AvgIpc) is 2.53. The molecule has 2 saturated heterocycles. The Balaban J connectivity index is 1.81. The topological polar surface area (TPSA) is 35.5 Å². The summed E-state index contributed by atoms with van der Waals surface area (Å²) in [6, 6.07) is 1.36. The molecule has 0 spiro atoms. The number of piperidine rings is 1. The number of hydrogen-bond acceptors (Lipinski definition) is 3. The predicted molar refractivity (Wildman–Crippen MR) is 52.7 cm³/mol. The van der Waals surface area contributed by atoms with Crippen LogP contribution in [0.3, 0.4) is 0 Å². The molecule has 2 N–H and O–H groups in total. The van der Waals surface area contributed by atoms with Crippen LogP contribution in [-0.2, 0) is 0 Å². The lowest BCUT2D eigenvalue weighted by Crippen LogP contribution is -2.48. The molecule has 2 aliphatic rings. The van der Waals surface area contributed by atoms with Crippen LogP contribution in [0, 0.1) is 0 Å². The highest BCUT2D eigenvalue weighted by molar-refractivity contribution is 4.86. The number of aliphatic hydroxyl groups excluding tert-OH is 1. The first-order valence-electron chi connectivity index (χ1n) is 5.41. The van der Waals surface area contributed by atoms with Crippen LogP contribution in [0.2, 0.25) is 0 Å². The maximum absolute atomic E-state index is 9.42. The molecule has 2 heterocycles. The number of hydrogen-bond donors (Lipinski definition) is 2. The molecule has 0 bridgehead atoms. The van der Waals surface area contributed by atoms with Gasteiger partial charge in [-0.25, -0.2) is 0 Å². The van der Waals surface area contributed by atoms with Gasteiger partial charge in [-0.1, -0.05) is 0 Å². The van der Waals surface area contributed by atoms with E-state index in [9.17, 15) is 5.11 Å². The van der Waals surface area contributed by atoms with Gasteiger partial charge in [-0.05, 0) is 26.2 Å². The second kappa shape index (κ2) is 3.95. The molecular formula is C10H20N2O. The van der Waals surface area contributed by atoms with Gasteiger partial charge in [0, 0.05) is 31.7 Å². The summed E-state index contributed by atoms with van der Waals surface area (Å²) in [6.45, 7) is 5.32. The van der Waals surface area contributed by atoms with Crippen molar-refractivity contribution in [3.05, 3.63) is 0 Å². The van der Waals surface area contributed by atoms with Gasteiger partial charge in [-0.3, -0.25) is 4.90 Å². The minimum Gasteiger partial charge on any atom is -0.392 e. The fourth-order valence-electron chi connectivity index (χ4n) is 2.40. The SMILES string of the molecule is CC1CCC(N2CCC(O)C2)CN1. The van der Waals surface area contributed by atoms with Crippen molar-refractivity contribution in [3.8, 4) is 0 Å². The normalized spacial score (nSPS) is 42.5. The van der Waals surface area contributed by atoms with E-state index >= 15 is 0 Å². The largest absolute Gasteiger partial charge is 0.392 e. The molecule has 3 heteroatoms. The van der Waals surface area contributed by atoms with Crippen molar-refractivity contribution in [2.45, 2.75) is 44.4 Å². The molecule has 0 amide bonds. The minimum absolute atomic E-state index is 0.0700. The first kappa shape index (κ1) is 9.44. The van der Waals surface area contributed by atoms with E-state index in [1.54, 1.807) is 0 Å². The van der Waals surface area contributed by atoms with Gasteiger partial charge in [-0.15, -0.1) is 0 Å². The van der Waals surface area contributed by atoms with E-state index < -0.39 is 0 Å². The van der Waals surface area contributed by atoms with E-state index in [1.165, 1.54) is 12.8 Å². The summed E-state index contributed by atoms with van der Waals surface area (Å²) in [5.74, 6) is 0. The van der Waals surface area contributed by atoms with Crippen molar-refractivity contribution in [3.63, 3.8) is 0 Å². The van der Waals surface area contributed by atoms with Gasteiger partial charge in [0.15, 0.2) is 0 Å². The van der Waals surface area contributed by atoms with Crippen molar-refractivity contribution in [1.82, 2.24) is 10.2 Å². The third-order valence-electron chi connectivity index (χ3n) is 3.35. The minimum atomic E-state index is -0.0700. The lowest BCUT2D eigenvalue weighted by molar-refractivity contribution is 0.141. The molecular weight excluding hydrogens is 164 g/mol. The van der Waals surface area contributed by atoms with Gasteiger partial charge in [0.2, 0.25) is 0 Å². The Morgan fingerprint density at radius 1 is 1.31 bits per heavy atom. The summed E-state index contributed by atoms with van der Waals surface area (Å²) in [6.07, 6.45) is 3.46. The zero-order chi connectivity index (χ0) is 9.26. The maximum Gasteiger partial charge on any atom is 0.0679 e. The lowest BCUT2D eigenvalue weighted by Gasteiger charge is -2.34. The smallest absolute Gasteiger partial charge is 0.0679 e. The maximum atomic E-state index is 9.42. The Labute approximate surface area is 80.1 Å². The van der Waals surface area contributed by atoms with Gasteiger partial charge >= 0.3 is 0 Å². The molecule has 76 valence electrons. The fraction of sp³-hybridized carbons (Fsp3) is 1.00. The van der Waals surface area contributed by atoms with E-state index in [4.69, 9.17) is 0 Å². The Hall–Kier alpha value is -0.120. The van der Waals surface area contributed by atoms with Crippen molar-refractivity contribution in [2.24, 2.45) is 0 Å². The Morgan fingerprint density at radius 3 is 2.69 bits per heavy atom. The van der Waals surface area contributed by atoms with Gasteiger partial charge < -0.3 is 10.4 Å². The van der Waals surface area contributed by atoms with Crippen molar-refractivity contribution in [1.29, 1.82) is 0 Å². The highest BCUT2D eigenvalue weighted by atomic mass is 16.3. The number of nitrogens with one attached hydrogen (secondary N) is 1. The molecule has 0 aliphatic carbocycles. The molecule has 3 unspecified atom stereocenters. The number of nitrogens with zero attached hydrogens (tertiary/aromatic N) is 1. The zero-order valence-corrected chi connectivity index (χ0v) is 8.37. The zero-order valence-electron chi connectivity index (χ0n) is 8.37. The third kappa shape index (κ3) is 2.22. The van der Waals surface area contributed by atoms with E-state index in [2.05, 4.69) is 17.1 Å². The van der Waals surface area contributed by atoms with Gasteiger partial charge in [0.1, 0.15) is 0 Å². The summed E-state index contributed by atoms with van der Waals surface area (Å²) >= 11 is 0. The fourth-order valence-corrected chi connectivity index (χ4v) is 2.40. The molecule has 2 rings (SSSR count). The van der Waals surface area contributed by atoms with Crippen LogP contribution >= 0.6 is 0 Å². The molecule has 0 aromatic heterocycles. The molecule has 0 saturated carbocycles. The van der Waals surface area contributed by atoms with Crippen LogP contribution in [-0.4, -0.2) is 47.8 Å². The van der Waals surface area contributed by atoms with E-state index in [0.29, 0.717) is 12.1 Å². The van der Waals surface area contributed by atoms with Gasteiger partial charge in [0.05, 0.1) is 6.10 Å². The lowest BCUT2D eigenvalue weighted by atomic mass is 10.0.